The van der Waals surface area contributed by atoms with Crippen molar-refractivity contribution in [2.75, 3.05) is 30.3 Å². The zero-order valence-corrected chi connectivity index (χ0v) is 16.0. The number of amides is 1. The Morgan fingerprint density at radius 1 is 1.12 bits per heavy atom. The lowest BCUT2D eigenvalue weighted by Gasteiger charge is -2.20. The SMILES string of the molecule is CCNc1ccc(S(=O)(=O)N(CC)CC)cc1NC(=O)CC(C)C. The molecular formula is C17H29N3O3S. The molecule has 24 heavy (non-hydrogen) atoms. The van der Waals surface area contributed by atoms with Gasteiger partial charge in [0.15, 0.2) is 0 Å². The first-order valence-corrected chi connectivity index (χ1v) is 9.88. The van der Waals surface area contributed by atoms with E-state index >= 15 is 0 Å². The third-order valence-corrected chi connectivity index (χ3v) is 5.62. The van der Waals surface area contributed by atoms with Crippen LogP contribution in [0.2, 0.25) is 0 Å². The zero-order chi connectivity index (χ0) is 18.3. The average Bonchev–Trinajstić information content (AvgIpc) is 2.49. The Labute approximate surface area is 145 Å². The number of sulfonamides is 1. The van der Waals surface area contributed by atoms with Crippen LogP contribution in [0.4, 0.5) is 11.4 Å². The van der Waals surface area contributed by atoms with Crippen LogP contribution in [0, 0.1) is 5.92 Å². The number of hydrogen-bond donors (Lipinski definition) is 2. The maximum Gasteiger partial charge on any atom is 0.243 e. The van der Waals surface area contributed by atoms with Crippen molar-refractivity contribution in [2.45, 2.75) is 45.9 Å². The number of nitrogens with one attached hydrogen (secondary N) is 2. The van der Waals surface area contributed by atoms with Crippen molar-refractivity contribution in [3.63, 3.8) is 0 Å². The van der Waals surface area contributed by atoms with Gasteiger partial charge in [0, 0.05) is 26.1 Å². The molecule has 0 fully saturated rings. The highest BCUT2D eigenvalue weighted by Crippen LogP contribution is 2.27. The Balaban J connectivity index is 3.23. The van der Waals surface area contributed by atoms with Gasteiger partial charge in [-0.15, -0.1) is 0 Å². The Hall–Kier alpha value is -1.60. The van der Waals surface area contributed by atoms with Crippen LogP contribution in [-0.2, 0) is 14.8 Å². The van der Waals surface area contributed by atoms with Crippen LogP contribution in [0.5, 0.6) is 0 Å². The van der Waals surface area contributed by atoms with E-state index in [1.807, 2.05) is 20.8 Å². The summed E-state index contributed by atoms with van der Waals surface area (Å²) in [4.78, 5) is 12.3. The number of carbonyl (C=O) groups excluding carboxylic acids is 1. The molecule has 0 heterocycles. The van der Waals surface area contributed by atoms with Crippen molar-refractivity contribution in [3.05, 3.63) is 18.2 Å². The smallest absolute Gasteiger partial charge is 0.243 e. The fourth-order valence-corrected chi connectivity index (χ4v) is 3.90. The minimum atomic E-state index is -3.56. The summed E-state index contributed by atoms with van der Waals surface area (Å²) in [6.07, 6.45) is 0.387. The van der Waals surface area contributed by atoms with Gasteiger partial charge in [-0.25, -0.2) is 8.42 Å². The minimum Gasteiger partial charge on any atom is -0.384 e. The molecule has 0 aliphatic rings. The number of benzene rings is 1. The quantitative estimate of drug-likeness (QED) is 0.713. The Bertz CT molecular complexity index is 653. The van der Waals surface area contributed by atoms with E-state index in [0.717, 1.165) is 0 Å². The van der Waals surface area contributed by atoms with E-state index in [4.69, 9.17) is 0 Å². The molecule has 0 spiro atoms. The summed E-state index contributed by atoms with van der Waals surface area (Å²) >= 11 is 0. The number of rotatable bonds is 9. The molecular weight excluding hydrogens is 326 g/mol. The van der Waals surface area contributed by atoms with E-state index in [1.54, 1.807) is 26.0 Å². The summed E-state index contributed by atoms with van der Waals surface area (Å²) < 4.78 is 26.7. The first-order valence-electron chi connectivity index (χ1n) is 8.44. The summed E-state index contributed by atoms with van der Waals surface area (Å²) in [7, 11) is -3.56. The van der Waals surface area contributed by atoms with E-state index in [2.05, 4.69) is 10.6 Å². The van der Waals surface area contributed by atoms with Gasteiger partial charge in [-0.2, -0.15) is 4.31 Å². The largest absolute Gasteiger partial charge is 0.384 e. The molecule has 0 saturated carbocycles. The van der Waals surface area contributed by atoms with E-state index in [0.29, 0.717) is 37.4 Å². The maximum atomic E-state index is 12.7. The third-order valence-electron chi connectivity index (χ3n) is 3.57. The number of nitrogens with zero attached hydrogens (tertiary/aromatic N) is 1. The molecule has 2 N–H and O–H groups in total. The molecule has 1 aromatic carbocycles. The van der Waals surface area contributed by atoms with Crippen molar-refractivity contribution in [2.24, 2.45) is 5.92 Å². The molecule has 136 valence electrons. The molecule has 0 radical (unpaired) electrons. The van der Waals surface area contributed by atoms with Crippen LogP contribution >= 0.6 is 0 Å². The molecule has 1 aromatic rings. The highest BCUT2D eigenvalue weighted by atomic mass is 32.2. The molecule has 0 aliphatic carbocycles. The minimum absolute atomic E-state index is 0.124. The Morgan fingerprint density at radius 2 is 1.75 bits per heavy atom. The molecule has 0 unspecified atom stereocenters. The van der Waals surface area contributed by atoms with Crippen molar-refractivity contribution >= 4 is 27.3 Å². The van der Waals surface area contributed by atoms with Gasteiger partial charge in [0.25, 0.3) is 0 Å². The van der Waals surface area contributed by atoms with Crippen LogP contribution in [0.1, 0.15) is 41.0 Å². The lowest BCUT2D eigenvalue weighted by atomic mass is 10.1. The van der Waals surface area contributed by atoms with Crippen molar-refractivity contribution in [1.82, 2.24) is 4.31 Å². The Morgan fingerprint density at radius 3 is 2.25 bits per heavy atom. The summed E-state index contributed by atoms with van der Waals surface area (Å²) in [6, 6.07) is 4.80. The summed E-state index contributed by atoms with van der Waals surface area (Å²) in [6.45, 7) is 11.0. The van der Waals surface area contributed by atoms with Gasteiger partial charge in [-0.05, 0) is 31.0 Å². The van der Waals surface area contributed by atoms with Gasteiger partial charge in [-0.3, -0.25) is 4.79 Å². The lowest BCUT2D eigenvalue weighted by molar-refractivity contribution is -0.116. The highest BCUT2D eigenvalue weighted by Gasteiger charge is 2.23. The van der Waals surface area contributed by atoms with Crippen LogP contribution in [0.25, 0.3) is 0 Å². The van der Waals surface area contributed by atoms with Crippen LogP contribution in [-0.4, -0.2) is 38.3 Å². The van der Waals surface area contributed by atoms with Gasteiger partial charge in [0.05, 0.1) is 16.3 Å². The number of anilines is 2. The van der Waals surface area contributed by atoms with Crippen LogP contribution in [0.3, 0.4) is 0 Å². The maximum absolute atomic E-state index is 12.7. The molecule has 0 saturated heterocycles. The Kier molecular flexibility index (Phi) is 7.69. The lowest BCUT2D eigenvalue weighted by Crippen LogP contribution is -2.30. The van der Waals surface area contributed by atoms with Crippen molar-refractivity contribution in [3.8, 4) is 0 Å². The van der Waals surface area contributed by atoms with Crippen molar-refractivity contribution < 1.29 is 13.2 Å². The second-order valence-corrected chi connectivity index (χ2v) is 7.91. The second kappa shape index (κ2) is 9.03. The fraction of sp³-hybridized carbons (Fsp3) is 0.588. The van der Waals surface area contributed by atoms with Crippen molar-refractivity contribution in [1.29, 1.82) is 0 Å². The molecule has 0 bridgehead atoms. The van der Waals surface area contributed by atoms with Gasteiger partial charge in [0.1, 0.15) is 0 Å². The monoisotopic (exact) mass is 355 g/mol. The fourth-order valence-electron chi connectivity index (χ4n) is 2.42. The zero-order valence-electron chi connectivity index (χ0n) is 15.2. The number of carbonyl (C=O) groups is 1. The van der Waals surface area contributed by atoms with Crippen LogP contribution in [0.15, 0.2) is 23.1 Å². The molecule has 0 aliphatic heterocycles. The first kappa shape index (κ1) is 20.4. The summed E-state index contributed by atoms with van der Waals surface area (Å²) in [5.74, 6) is 0.108. The molecule has 1 rings (SSSR count). The molecule has 1 amide bonds. The molecule has 0 atom stereocenters. The second-order valence-electron chi connectivity index (χ2n) is 5.97. The standard InChI is InChI=1S/C17H29N3O3S/c1-6-18-15-10-9-14(24(22,23)20(7-2)8-3)12-16(15)19-17(21)11-13(4)5/h9-10,12-13,18H,6-8,11H2,1-5H3,(H,19,21). The van der Waals surface area contributed by atoms with Gasteiger partial charge >= 0.3 is 0 Å². The molecule has 6 nitrogen and oxygen atoms in total. The molecule has 0 aromatic heterocycles. The molecule has 7 heteroatoms. The third kappa shape index (κ3) is 5.21. The predicted molar refractivity (Wildman–Crippen MR) is 98.8 cm³/mol. The normalized spacial score (nSPS) is 11.8. The van der Waals surface area contributed by atoms with E-state index < -0.39 is 10.0 Å². The van der Waals surface area contributed by atoms with Gasteiger partial charge in [-0.1, -0.05) is 27.7 Å². The van der Waals surface area contributed by atoms with Crippen LogP contribution < -0.4 is 10.6 Å². The first-order chi connectivity index (χ1) is 11.3. The summed E-state index contributed by atoms with van der Waals surface area (Å²) in [5, 5.41) is 5.98. The van der Waals surface area contributed by atoms with Gasteiger partial charge in [0.2, 0.25) is 15.9 Å². The average molecular weight is 356 g/mol. The van der Waals surface area contributed by atoms with E-state index in [9.17, 15) is 13.2 Å². The highest BCUT2D eigenvalue weighted by molar-refractivity contribution is 7.89. The summed E-state index contributed by atoms with van der Waals surface area (Å²) in [5.41, 5.74) is 1.21. The predicted octanol–water partition coefficient (Wildman–Crippen LogP) is 3.13. The topological polar surface area (TPSA) is 78.5 Å². The van der Waals surface area contributed by atoms with Gasteiger partial charge < -0.3 is 10.6 Å². The van der Waals surface area contributed by atoms with E-state index in [-0.39, 0.29) is 16.7 Å². The number of hydrogen-bond acceptors (Lipinski definition) is 4. The van der Waals surface area contributed by atoms with E-state index in [1.165, 1.54) is 10.4 Å².